The Kier molecular flexibility index (Phi) is 6.28. The van der Waals surface area contributed by atoms with Crippen LogP contribution in [0.15, 0.2) is 0 Å². The van der Waals surface area contributed by atoms with Crippen molar-refractivity contribution in [1.29, 1.82) is 0 Å². The van der Waals surface area contributed by atoms with Crippen LogP contribution in [0.25, 0.3) is 0 Å². The van der Waals surface area contributed by atoms with Crippen molar-refractivity contribution in [3.8, 4) is 0 Å². The zero-order valence-electron chi connectivity index (χ0n) is 14.3. The molecule has 3 aliphatic rings. The molecule has 1 N–H and O–H groups in total. The average molecular weight is 325 g/mol. The molecule has 3 fully saturated rings. The van der Waals surface area contributed by atoms with Crippen LogP contribution in [-0.4, -0.2) is 86.4 Å². The van der Waals surface area contributed by atoms with Gasteiger partial charge in [-0.05, 0) is 32.6 Å². The van der Waals surface area contributed by atoms with Crippen molar-refractivity contribution in [1.82, 2.24) is 15.1 Å². The molecular formula is C17H31N3O3. The molecule has 0 aromatic rings. The molecule has 0 aromatic heterocycles. The summed E-state index contributed by atoms with van der Waals surface area (Å²) < 4.78 is 11.2. The highest BCUT2D eigenvalue weighted by molar-refractivity contribution is 5.78. The predicted molar refractivity (Wildman–Crippen MR) is 88.4 cm³/mol. The fourth-order valence-corrected chi connectivity index (χ4v) is 3.91. The number of likely N-dealkylation sites (tertiary alicyclic amines) is 1. The minimum atomic E-state index is 0.233. The number of hydrogen-bond acceptors (Lipinski definition) is 5. The second-order valence-electron chi connectivity index (χ2n) is 7.05. The molecule has 3 aliphatic heterocycles. The molecule has 0 saturated carbocycles. The van der Waals surface area contributed by atoms with Gasteiger partial charge in [0.1, 0.15) is 0 Å². The van der Waals surface area contributed by atoms with E-state index in [1.165, 1.54) is 0 Å². The molecule has 132 valence electrons. The largest absolute Gasteiger partial charge is 0.377 e. The van der Waals surface area contributed by atoms with Crippen LogP contribution in [-0.2, 0) is 14.3 Å². The summed E-state index contributed by atoms with van der Waals surface area (Å²) in [5.41, 5.74) is 0. The van der Waals surface area contributed by atoms with E-state index in [2.05, 4.69) is 17.1 Å². The number of carbonyl (C=O) groups excluding carboxylic acids is 1. The standard InChI is InChI=1S/C17H31N3O3/c1-14-13-20(8-10-22-14)15-4-6-19(7-5-15)17(21)12-18-11-16-3-2-9-23-16/h14-16,18H,2-13H2,1H3/t14-,16+/m0/s1. The Morgan fingerprint density at radius 2 is 1.96 bits per heavy atom. The number of nitrogens with zero attached hydrogens (tertiary/aromatic N) is 2. The third kappa shape index (κ3) is 4.89. The maximum atomic E-state index is 12.3. The summed E-state index contributed by atoms with van der Waals surface area (Å²) in [5, 5.41) is 3.26. The molecular weight excluding hydrogens is 294 g/mol. The Hall–Kier alpha value is -0.690. The van der Waals surface area contributed by atoms with Gasteiger partial charge in [-0.25, -0.2) is 0 Å². The molecule has 0 bridgehead atoms. The zero-order valence-corrected chi connectivity index (χ0v) is 14.3. The quantitative estimate of drug-likeness (QED) is 0.796. The van der Waals surface area contributed by atoms with Crippen molar-refractivity contribution in [2.45, 2.75) is 50.9 Å². The van der Waals surface area contributed by atoms with Crippen molar-refractivity contribution in [2.24, 2.45) is 0 Å². The lowest BCUT2D eigenvalue weighted by atomic mass is 10.0. The molecule has 3 saturated heterocycles. The molecule has 0 radical (unpaired) electrons. The summed E-state index contributed by atoms with van der Waals surface area (Å²) in [5.74, 6) is 0.233. The fraction of sp³-hybridized carbons (Fsp3) is 0.941. The van der Waals surface area contributed by atoms with Gasteiger partial charge in [-0.2, -0.15) is 0 Å². The van der Waals surface area contributed by atoms with E-state index in [0.29, 0.717) is 24.8 Å². The van der Waals surface area contributed by atoms with E-state index in [0.717, 1.165) is 71.6 Å². The van der Waals surface area contributed by atoms with Crippen molar-refractivity contribution in [2.75, 3.05) is 52.5 Å². The highest BCUT2D eigenvalue weighted by Gasteiger charge is 2.29. The lowest BCUT2D eigenvalue weighted by molar-refractivity contribution is -0.132. The van der Waals surface area contributed by atoms with Gasteiger partial charge < -0.3 is 19.7 Å². The van der Waals surface area contributed by atoms with Gasteiger partial charge in [0.15, 0.2) is 0 Å². The lowest BCUT2D eigenvalue weighted by Crippen LogP contribution is -2.52. The number of rotatable bonds is 5. The van der Waals surface area contributed by atoms with Gasteiger partial charge in [0.05, 0.1) is 25.4 Å². The van der Waals surface area contributed by atoms with Gasteiger partial charge in [0.25, 0.3) is 0 Å². The summed E-state index contributed by atoms with van der Waals surface area (Å²) in [4.78, 5) is 16.9. The average Bonchev–Trinajstić information content (AvgIpc) is 3.08. The summed E-state index contributed by atoms with van der Waals surface area (Å²) in [7, 11) is 0. The molecule has 1 amide bonds. The lowest BCUT2D eigenvalue weighted by Gasteiger charge is -2.41. The maximum Gasteiger partial charge on any atom is 0.236 e. The molecule has 0 unspecified atom stereocenters. The van der Waals surface area contributed by atoms with Crippen molar-refractivity contribution < 1.29 is 14.3 Å². The van der Waals surface area contributed by atoms with Gasteiger partial charge in [-0.3, -0.25) is 9.69 Å². The van der Waals surface area contributed by atoms with Gasteiger partial charge in [0, 0.05) is 45.4 Å². The molecule has 0 aliphatic carbocycles. The maximum absolute atomic E-state index is 12.3. The minimum Gasteiger partial charge on any atom is -0.377 e. The summed E-state index contributed by atoms with van der Waals surface area (Å²) in [6.45, 7) is 8.93. The minimum absolute atomic E-state index is 0.233. The summed E-state index contributed by atoms with van der Waals surface area (Å²) in [6.07, 6.45) is 5.08. The smallest absolute Gasteiger partial charge is 0.236 e. The third-order valence-electron chi connectivity index (χ3n) is 5.28. The fourth-order valence-electron chi connectivity index (χ4n) is 3.91. The SMILES string of the molecule is C[C@H]1CN(C2CCN(C(=O)CNC[C@H]3CCCO3)CC2)CCO1. The van der Waals surface area contributed by atoms with Gasteiger partial charge in [-0.15, -0.1) is 0 Å². The van der Waals surface area contributed by atoms with Crippen LogP contribution in [0, 0.1) is 0 Å². The highest BCUT2D eigenvalue weighted by Crippen LogP contribution is 2.19. The van der Waals surface area contributed by atoms with Crippen LogP contribution < -0.4 is 5.32 Å². The Labute approximate surface area is 139 Å². The summed E-state index contributed by atoms with van der Waals surface area (Å²) >= 11 is 0. The number of ether oxygens (including phenoxy) is 2. The molecule has 3 heterocycles. The Morgan fingerprint density at radius 3 is 2.65 bits per heavy atom. The number of piperidine rings is 1. The first-order valence-corrected chi connectivity index (χ1v) is 9.18. The van der Waals surface area contributed by atoms with E-state index in [1.807, 2.05) is 4.90 Å². The second kappa shape index (κ2) is 8.42. The first-order valence-electron chi connectivity index (χ1n) is 9.18. The first-order chi connectivity index (χ1) is 11.2. The molecule has 3 rings (SSSR count). The van der Waals surface area contributed by atoms with Crippen LogP contribution in [0.5, 0.6) is 0 Å². The first kappa shape index (κ1) is 17.1. The molecule has 23 heavy (non-hydrogen) atoms. The van der Waals surface area contributed by atoms with Crippen LogP contribution in [0.1, 0.15) is 32.6 Å². The van der Waals surface area contributed by atoms with Gasteiger partial charge in [-0.1, -0.05) is 0 Å². The van der Waals surface area contributed by atoms with Crippen LogP contribution >= 0.6 is 0 Å². The molecule has 6 heteroatoms. The van der Waals surface area contributed by atoms with E-state index < -0.39 is 0 Å². The van der Waals surface area contributed by atoms with E-state index in [4.69, 9.17) is 9.47 Å². The predicted octanol–water partition coefficient (Wildman–Crippen LogP) is 0.467. The summed E-state index contributed by atoms with van der Waals surface area (Å²) in [6, 6.07) is 0.616. The van der Waals surface area contributed by atoms with Crippen LogP contribution in [0.3, 0.4) is 0 Å². The number of nitrogens with one attached hydrogen (secondary N) is 1. The number of carbonyl (C=O) groups is 1. The number of amides is 1. The van der Waals surface area contributed by atoms with Crippen LogP contribution in [0.4, 0.5) is 0 Å². The Bertz CT molecular complexity index is 379. The van der Waals surface area contributed by atoms with Gasteiger partial charge in [0.2, 0.25) is 5.91 Å². The van der Waals surface area contributed by atoms with Gasteiger partial charge >= 0.3 is 0 Å². The molecule has 0 spiro atoms. The molecule has 6 nitrogen and oxygen atoms in total. The van der Waals surface area contributed by atoms with E-state index >= 15 is 0 Å². The molecule has 2 atom stereocenters. The monoisotopic (exact) mass is 325 g/mol. The van der Waals surface area contributed by atoms with Crippen molar-refractivity contribution in [3.05, 3.63) is 0 Å². The van der Waals surface area contributed by atoms with Crippen molar-refractivity contribution in [3.63, 3.8) is 0 Å². The molecule has 0 aromatic carbocycles. The Morgan fingerprint density at radius 1 is 1.13 bits per heavy atom. The van der Waals surface area contributed by atoms with E-state index in [1.54, 1.807) is 0 Å². The highest BCUT2D eigenvalue weighted by atomic mass is 16.5. The topological polar surface area (TPSA) is 54.0 Å². The van der Waals surface area contributed by atoms with E-state index in [9.17, 15) is 4.79 Å². The van der Waals surface area contributed by atoms with Crippen LogP contribution in [0.2, 0.25) is 0 Å². The Balaban J connectivity index is 1.33. The van der Waals surface area contributed by atoms with E-state index in [-0.39, 0.29) is 5.91 Å². The number of hydrogen-bond donors (Lipinski definition) is 1. The zero-order chi connectivity index (χ0) is 16.1. The third-order valence-corrected chi connectivity index (χ3v) is 5.28. The normalized spacial score (nSPS) is 30.7. The second-order valence-corrected chi connectivity index (χ2v) is 7.05. The number of morpholine rings is 1. The van der Waals surface area contributed by atoms with Crippen molar-refractivity contribution >= 4 is 5.91 Å².